The summed E-state index contributed by atoms with van der Waals surface area (Å²) in [6, 6.07) is 15.5. The lowest BCUT2D eigenvalue weighted by molar-refractivity contribution is -0.384. The summed E-state index contributed by atoms with van der Waals surface area (Å²) in [6.07, 6.45) is 4.69. The molecule has 2 aromatic rings. The average Bonchev–Trinajstić information content (AvgIpc) is 3.44. The molecular formula is C26H33N5O3. The van der Waals surface area contributed by atoms with E-state index in [-0.39, 0.29) is 16.5 Å². The summed E-state index contributed by atoms with van der Waals surface area (Å²) in [5.74, 6) is 0.0607. The monoisotopic (exact) mass is 463 g/mol. The molecule has 1 amide bonds. The van der Waals surface area contributed by atoms with Crippen molar-refractivity contribution in [1.82, 2.24) is 9.80 Å². The van der Waals surface area contributed by atoms with E-state index in [9.17, 15) is 14.9 Å². The van der Waals surface area contributed by atoms with Crippen LogP contribution in [0.3, 0.4) is 0 Å². The van der Waals surface area contributed by atoms with Crippen LogP contribution in [0, 0.1) is 10.1 Å². The number of piperazine rings is 1. The first kappa shape index (κ1) is 22.7. The molecule has 0 spiro atoms. The first-order valence-electron chi connectivity index (χ1n) is 12.5. The molecule has 0 unspecified atom stereocenters. The maximum Gasteiger partial charge on any atom is 0.292 e. The molecular weight excluding hydrogens is 430 g/mol. The zero-order chi connectivity index (χ0) is 23.5. The number of carbonyl (C=O) groups is 1. The molecule has 8 nitrogen and oxygen atoms in total. The summed E-state index contributed by atoms with van der Waals surface area (Å²) in [6.45, 7) is 6.80. The topological polar surface area (TPSA) is 73.2 Å². The van der Waals surface area contributed by atoms with E-state index in [0.29, 0.717) is 37.8 Å². The summed E-state index contributed by atoms with van der Waals surface area (Å²) in [5.41, 5.74) is 2.62. The van der Waals surface area contributed by atoms with Crippen LogP contribution < -0.4 is 9.80 Å². The van der Waals surface area contributed by atoms with Gasteiger partial charge in [-0.1, -0.05) is 18.2 Å². The lowest BCUT2D eigenvalue weighted by atomic mass is 10.0. The Morgan fingerprint density at radius 1 is 0.824 bits per heavy atom. The van der Waals surface area contributed by atoms with Crippen LogP contribution in [0.15, 0.2) is 48.5 Å². The minimum Gasteiger partial charge on any atom is -0.368 e. The van der Waals surface area contributed by atoms with Gasteiger partial charge in [-0.15, -0.1) is 0 Å². The number of carbonyl (C=O) groups excluding carboxylic acids is 1. The lowest BCUT2D eigenvalue weighted by Gasteiger charge is -2.39. The van der Waals surface area contributed by atoms with E-state index in [1.165, 1.54) is 25.9 Å². The van der Waals surface area contributed by atoms with Crippen molar-refractivity contribution in [3.63, 3.8) is 0 Å². The Hall–Kier alpha value is -3.13. The third-order valence-corrected chi connectivity index (χ3v) is 7.57. The fourth-order valence-corrected chi connectivity index (χ4v) is 5.63. The Balaban J connectivity index is 1.26. The summed E-state index contributed by atoms with van der Waals surface area (Å²) >= 11 is 0. The normalized spacial score (nSPS) is 20.1. The van der Waals surface area contributed by atoms with Gasteiger partial charge >= 0.3 is 0 Å². The molecule has 0 radical (unpaired) electrons. The number of nitrogens with zero attached hydrogens (tertiary/aromatic N) is 5. The largest absolute Gasteiger partial charge is 0.368 e. The predicted molar refractivity (Wildman–Crippen MR) is 134 cm³/mol. The van der Waals surface area contributed by atoms with Crippen LogP contribution in [-0.2, 0) is 0 Å². The van der Waals surface area contributed by atoms with Gasteiger partial charge in [0.1, 0.15) is 5.69 Å². The average molecular weight is 464 g/mol. The highest BCUT2D eigenvalue weighted by Crippen LogP contribution is 2.35. The Bertz CT molecular complexity index is 1010. The molecule has 3 saturated heterocycles. The molecule has 3 fully saturated rings. The number of piperidine rings is 1. The van der Waals surface area contributed by atoms with Crippen molar-refractivity contribution in [2.75, 3.05) is 62.2 Å². The van der Waals surface area contributed by atoms with Crippen LogP contribution in [-0.4, -0.2) is 79.0 Å². The summed E-state index contributed by atoms with van der Waals surface area (Å²) < 4.78 is 0. The number of rotatable bonds is 5. The molecule has 0 saturated carbocycles. The molecule has 3 aliphatic rings. The van der Waals surface area contributed by atoms with Gasteiger partial charge in [-0.05, 0) is 63.0 Å². The summed E-state index contributed by atoms with van der Waals surface area (Å²) in [7, 11) is 0. The number of hydrogen-bond donors (Lipinski definition) is 0. The highest BCUT2D eigenvalue weighted by Gasteiger charge is 2.30. The van der Waals surface area contributed by atoms with Crippen molar-refractivity contribution in [2.45, 2.75) is 31.7 Å². The lowest BCUT2D eigenvalue weighted by Crippen LogP contribution is -2.49. The highest BCUT2D eigenvalue weighted by atomic mass is 16.6. The van der Waals surface area contributed by atoms with E-state index >= 15 is 0 Å². The van der Waals surface area contributed by atoms with E-state index in [0.717, 1.165) is 37.3 Å². The Morgan fingerprint density at radius 2 is 1.50 bits per heavy atom. The zero-order valence-corrected chi connectivity index (χ0v) is 19.6. The van der Waals surface area contributed by atoms with E-state index in [1.807, 2.05) is 47.4 Å². The van der Waals surface area contributed by atoms with Gasteiger partial charge in [0.2, 0.25) is 0 Å². The van der Waals surface area contributed by atoms with Gasteiger partial charge in [0.25, 0.3) is 11.6 Å². The summed E-state index contributed by atoms with van der Waals surface area (Å²) in [4.78, 5) is 33.2. The number of nitro groups is 1. The Morgan fingerprint density at radius 3 is 2.15 bits per heavy atom. The second-order valence-corrected chi connectivity index (χ2v) is 9.54. The maximum absolute atomic E-state index is 12.8. The van der Waals surface area contributed by atoms with Gasteiger partial charge in [0.15, 0.2) is 0 Å². The Labute approximate surface area is 200 Å². The molecule has 8 heteroatoms. The SMILES string of the molecule is O=C(c1ccccc1)N1CCN(c2ccc([N+](=O)[O-])c(N3CCC(N4CCCC4)CC3)c2)CC1. The van der Waals surface area contributed by atoms with E-state index < -0.39 is 0 Å². The molecule has 3 aliphatic heterocycles. The van der Waals surface area contributed by atoms with Crippen molar-refractivity contribution >= 4 is 23.0 Å². The minimum absolute atomic E-state index is 0.0607. The van der Waals surface area contributed by atoms with Crippen molar-refractivity contribution in [3.8, 4) is 0 Å². The number of benzene rings is 2. The molecule has 0 aliphatic carbocycles. The molecule has 0 bridgehead atoms. The van der Waals surface area contributed by atoms with Gasteiger partial charge in [-0.3, -0.25) is 14.9 Å². The van der Waals surface area contributed by atoms with Crippen molar-refractivity contribution in [1.29, 1.82) is 0 Å². The molecule has 2 aromatic carbocycles. The maximum atomic E-state index is 12.8. The Kier molecular flexibility index (Phi) is 6.67. The molecule has 0 atom stereocenters. The predicted octanol–water partition coefficient (Wildman–Crippen LogP) is 3.62. The second kappa shape index (κ2) is 10.0. The number of hydrogen-bond acceptors (Lipinski definition) is 6. The number of amides is 1. The van der Waals surface area contributed by atoms with E-state index in [2.05, 4.69) is 14.7 Å². The highest BCUT2D eigenvalue weighted by molar-refractivity contribution is 5.94. The van der Waals surface area contributed by atoms with Gasteiger partial charge in [0.05, 0.1) is 4.92 Å². The van der Waals surface area contributed by atoms with Crippen molar-refractivity contribution in [2.24, 2.45) is 0 Å². The summed E-state index contributed by atoms with van der Waals surface area (Å²) in [5, 5.41) is 11.8. The van der Waals surface area contributed by atoms with Crippen LogP contribution in [0.5, 0.6) is 0 Å². The molecule has 0 aromatic heterocycles. The second-order valence-electron chi connectivity index (χ2n) is 9.54. The van der Waals surface area contributed by atoms with Gasteiger partial charge in [-0.25, -0.2) is 0 Å². The fourth-order valence-electron chi connectivity index (χ4n) is 5.63. The molecule has 3 heterocycles. The van der Waals surface area contributed by atoms with Crippen LogP contribution in [0.25, 0.3) is 0 Å². The van der Waals surface area contributed by atoms with Crippen LogP contribution in [0.2, 0.25) is 0 Å². The minimum atomic E-state index is -0.262. The fraction of sp³-hybridized carbons (Fsp3) is 0.500. The quantitative estimate of drug-likeness (QED) is 0.498. The van der Waals surface area contributed by atoms with E-state index in [4.69, 9.17) is 0 Å². The number of anilines is 2. The molecule has 180 valence electrons. The van der Waals surface area contributed by atoms with Gasteiger partial charge in [-0.2, -0.15) is 0 Å². The zero-order valence-electron chi connectivity index (χ0n) is 19.6. The number of nitro benzene ring substituents is 1. The molecule has 34 heavy (non-hydrogen) atoms. The van der Waals surface area contributed by atoms with Crippen LogP contribution >= 0.6 is 0 Å². The first-order valence-corrected chi connectivity index (χ1v) is 12.5. The molecule has 5 rings (SSSR count). The first-order chi connectivity index (χ1) is 16.6. The van der Waals surface area contributed by atoms with Gasteiger partial charge < -0.3 is 19.6 Å². The van der Waals surface area contributed by atoms with Gasteiger partial charge in [0, 0.05) is 62.6 Å². The van der Waals surface area contributed by atoms with Crippen molar-refractivity contribution < 1.29 is 9.72 Å². The standard InChI is InChI=1S/C26H33N5O3/c32-26(21-6-2-1-3-7-21)30-18-16-28(17-19-30)23-8-9-24(31(33)34)25(20-23)29-14-10-22(11-15-29)27-12-4-5-13-27/h1-3,6-9,20,22H,4-5,10-19H2. The third-order valence-electron chi connectivity index (χ3n) is 7.57. The van der Waals surface area contributed by atoms with Crippen LogP contribution in [0.4, 0.5) is 17.1 Å². The third kappa shape index (κ3) is 4.73. The molecule has 0 N–H and O–H groups in total. The smallest absolute Gasteiger partial charge is 0.292 e. The van der Waals surface area contributed by atoms with Crippen LogP contribution in [0.1, 0.15) is 36.0 Å². The number of likely N-dealkylation sites (tertiary alicyclic amines) is 1. The van der Waals surface area contributed by atoms with E-state index in [1.54, 1.807) is 6.07 Å². The van der Waals surface area contributed by atoms with Crippen molar-refractivity contribution in [3.05, 3.63) is 64.2 Å².